The van der Waals surface area contributed by atoms with E-state index in [1.807, 2.05) is 12.1 Å². The number of carbonyl (C=O) groups is 1. The Balaban J connectivity index is 2.06. The highest BCUT2D eigenvalue weighted by Crippen LogP contribution is 2.26. The van der Waals surface area contributed by atoms with Crippen LogP contribution in [0.5, 0.6) is 5.75 Å². The normalized spacial score (nSPS) is 10.5. The Labute approximate surface area is 130 Å². The number of rotatable bonds is 6. The van der Waals surface area contributed by atoms with Crippen molar-refractivity contribution in [1.29, 1.82) is 0 Å². The maximum atomic E-state index is 12.5. The highest BCUT2D eigenvalue weighted by molar-refractivity contribution is 7.99. The molecule has 116 valence electrons. The first-order valence-corrected chi connectivity index (χ1v) is 7.29. The molecule has 1 aromatic carbocycles. The van der Waals surface area contributed by atoms with Gasteiger partial charge in [0.05, 0.1) is 12.7 Å². The van der Waals surface area contributed by atoms with E-state index in [0.29, 0.717) is 5.75 Å². The summed E-state index contributed by atoms with van der Waals surface area (Å²) in [6.45, 7) is 0.268. The molecule has 0 saturated heterocycles. The van der Waals surface area contributed by atoms with E-state index < -0.39 is 11.7 Å². The Bertz CT molecular complexity index is 653. The third-order valence-electron chi connectivity index (χ3n) is 2.80. The fourth-order valence-electron chi connectivity index (χ4n) is 1.80. The molecule has 22 heavy (non-hydrogen) atoms. The first-order chi connectivity index (χ1) is 10.6. The van der Waals surface area contributed by atoms with Crippen LogP contribution in [0.4, 0.5) is 8.78 Å². The number of alkyl halides is 2. The number of halogens is 2. The summed E-state index contributed by atoms with van der Waals surface area (Å²) in [7, 11) is 1.56. The number of thioether (sulfide) groups is 1. The minimum atomic E-state index is -2.63. The molecule has 2 aromatic rings. The third-order valence-corrected chi connectivity index (χ3v) is 3.53. The van der Waals surface area contributed by atoms with Crippen molar-refractivity contribution in [2.75, 3.05) is 7.11 Å². The Morgan fingerprint density at radius 1 is 1.36 bits per heavy atom. The van der Waals surface area contributed by atoms with Gasteiger partial charge >= 0.3 is 0 Å². The summed E-state index contributed by atoms with van der Waals surface area (Å²) in [5, 5.41) is 2.70. The van der Waals surface area contributed by atoms with Gasteiger partial charge in [0.15, 0.2) is 0 Å². The van der Waals surface area contributed by atoms with Gasteiger partial charge in [-0.05, 0) is 41.6 Å². The summed E-state index contributed by atoms with van der Waals surface area (Å²) in [4.78, 5) is 16.0. The van der Waals surface area contributed by atoms with Crippen molar-refractivity contribution >= 4 is 17.7 Å². The number of nitrogens with one attached hydrogen (secondary N) is 1. The first-order valence-electron chi connectivity index (χ1n) is 6.41. The number of ether oxygens (including phenoxy) is 1. The summed E-state index contributed by atoms with van der Waals surface area (Å²) >= 11 is 0.256. The minimum Gasteiger partial charge on any atom is -0.497 e. The molecule has 0 radical (unpaired) electrons. The van der Waals surface area contributed by atoms with E-state index in [4.69, 9.17) is 4.74 Å². The van der Waals surface area contributed by atoms with Crippen molar-refractivity contribution in [2.45, 2.75) is 17.3 Å². The Kier molecular flexibility index (Phi) is 5.71. The van der Waals surface area contributed by atoms with Crippen LogP contribution in [0.25, 0.3) is 0 Å². The molecule has 0 aliphatic rings. The second-order valence-electron chi connectivity index (χ2n) is 4.27. The maximum Gasteiger partial charge on any atom is 0.290 e. The van der Waals surface area contributed by atoms with Crippen molar-refractivity contribution in [3.63, 3.8) is 0 Å². The van der Waals surface area contributed by atoms with Crippen LogP contribution in [-0.4, -0.2) is 23.8 Å². The van der Waals surface area contributed by atoms with E-state index in [2.05, 4.69) is 10.3 Å². The standard InChI is InChI=1S/C15H14F2N2O2S/c1-21-11-5-2-4-10(8-11)9-19-13(20)12-6-3-7-18-14(12)22-15(16)17/h2-8,15H,9H2,1H3,(H,19,20). The summed E-state index contributed by atoms with van der Waals surface area (Å²) < 4.78 is 30.1. The lowest BCUT2D eigenvalue weighted by molar-refractivity contribution is 0.0947. The average molecular weight is 324 g/mol. The fraction of sp³-hybridized carbons (Fsp3) is 0.200. The van der Waals surface area contributed by atoms with E-state index in [9.17, 15) is 13.6 Å². The summed E-state index contributed by atoms with van der Waals surface area (Å²) in [5.74, 6) is -2.39. The molecule has 0 atom stereocenters. The van der Waals surface area contributed by atoms with Crippen LogP contribution in [0.2, 0.25) is 0 Å². The number of carbonyl (C=O) groups excluding carboxylic acids is 1. The van der Waals surface area contributed by atoms with E-state index >= 15 is 0 Å². The molecule has 0 spiro atoms. The second-order valence-corrected chi connectivity index (χ2v) is 5.25. The van der Waals surface area contributed by atoms with Crippen LogP contribution in [0.1, 0.15) is 15.9 Å². The van der Waals surface area contributed by atoms with Gasteiger partial charge in [0, 0.05) is 12.7 Å². The molecule has 2 rings (SSSR count). The lowest BCUT2D eigenvalue weighted by Crippen LogP contribution is -2.23. The van der Waals surface area contributed by atoms with Crippen molar-refractivity contribution in [3.8, 4) is 5.75 Å². The molecule has 1 N–H and O–H groups in total. The van der Waals surface area contributed by atoms with Crippen LogP contribution in [0, 0.1) is 0 Å². The summed E-state index contributed by atoms with van der Waals surface area (Å²) in [6, 6.07) is 10.2. The zero-order valence-corrected chi connectivity index (χ0v) is 12.6. The van der Waals surface area contributed by atoms with E-state index in [0.717, 1.165) is 5.56 Å². The number of methoxy groups -OCH3 is 1. The third kappa shape index (κ3) is 4.42. The molecule has 1 amide bonds. The molecule has 0 aliphatic heterocycles. The molecule has 4 nitrogen and oxygen atoms in total. The number of hydrogen-bond donors (Lipinski definition) is 1. The number of nitrogens with zero attached hydrogens (tertiary/aromatic N) is 1. The Hall–Kier alpha value is -2.15. The molecule has 0 saturated carbocycles. The smallest absolute Gasteiger partial charge is 0.290 e. The van der Waals surface area contributed by atoms with Crippen LogP contribution in [-0.2, 0) is 6.54 Å². The molecule has 0 unspecified atom stereocenters. The summed E-state index contributed by atoms with van der Waals surface area (Å²) in [6.07, 6.45) is 1.38. The van der Waals surface area contributed by atoms with Gasteiger partial charge in [0.25, 0.3) is 11.7 Å². The quantitative estimate of drug-likeness (QED) is 0.828. The van der Waals surface area contributed by atoms with Crippen LogP contribution < -0.4 is 10.1 Å². The second kappa shape index (κ2) is 7.74. The number of aromatic nitrogens is 1. The molecule has 1 aromatic heterocycles. The molecule has 7 heteroatoms. The van der Waals surface area contributed by atoms with Gasteiger partial charge in [-0.1, -0.05) is 12.1 Å². The van der Waals surface area contributed by atoms with Crippen molar-refractivity contribution in [2.24, 2.45) is 0 Å². The SMILES string of the molecule is COc1cccc(CNC(=O)c2cccnc2SC(F)F)c1. The van der Waals surface area contributed by atoms with Crippen LogP contribution in [0.3, 0.4) is 0 Å². The average Bonchev–Trinajstić information content (AvgIpc) is 2.53. The number of benzene rings is 1. The highest BCUT2D eigenvalue weighted by atomic mass is 32.2. The first kappa shape index (κ1) is 16.2. The topological polar surface area (TPSA) is 51.2 Å². The monoisotopic (exact) mass is 324 g/mol. The molecule has 0 bridgehead atoms. The van der Waals surface area contributed by atoms with Gasteiger partial charge in [-0.3, -0.25) is 4.79 Å². The van der Waals surface area contributed by atoms with Gasteiger partial charge in [-0.2, -0.15) is 8.78 Å². The van der Waals surface area contributed by atoms with E-state index in [1.54, 1.807) is 19.2 Å². The van der Waals surface area contributed by atoms with E-state index in [1.165, 1.54) is 18.3 Å². The Morgan fingerprint density at radius 3 is 2.91 bits per heavy atom. The van der Waals surface area contributed by atoms with Gasteiger partial charge in [-0.25, -0.2) is 4.98 Å². The van der Waals surface area contributed by atoms with E-state index in [-0.39, 0.29) is 28.9 Å². The largest absolute Gasteiger partial charge is 0.497 e. The fourth-order valence-corrected chi connectivity index (χ4v) is 2.38. The van der Waals surface area contributed by atoms with Crippen molar-refractivity contribution < 1.29 is 18.3 Å². The van der Waals surface area contributed by atoms with Gasteiger partial charge < -0.3 is 10.1 Å². The van der Waals surface area contributed by atoms with Crippen LogP contribution in [0.15, 0.2) is 47.6 Å². The highest BCUT2D eigenvalue weighted by Gasteiger charge is 2.16. The molecule has 0 fully saturated rings. The molecular weight excluding hydrogens is 310 g/mol. The molecular formula is C15H14F2N2O2S. The number of pyridine rings is 1. The molecule has 1 heterocycles. The lowest BCUT2D eigenvalue weighted by Gasteiger charge is -2.09. The molecule has 0 aliphatic carbocycles. The summed E-state index contributed by atoms with van der Waals surface area (Å²) in [5.41, 5.74) is 0.982. The number of hydrogen-bond acceptors (Lipinski definition) is 4. The predicted octanol–water partition coefficient (Wildman–Crippen LogP) is 3.33. The maximum absolute atomic E-state index is 12.5. The zero-order valence-electron chi connectivity index (χ0n) is 11.8. The minimum absolute atomic E-state index is 0.0145. The zero-order chi connectivity index (χ0) is 15.9. The number of amides is 1. The van der Waals surface area contributed by atoms with Crippen molar-refractivity contribution in [3.05, 3.63) is 53.7 Å². The van der Waals surface area contributed by atoms with Gasteiger partial charge in [0.1, 0.15) is 10.8 Å². The van der Waals surface area contributed by atoms with Gasteiger partial charge in [-0.15, -0.1) is 0 Å². The van der Waals surface area contributed by atoms with Crippen molar-refractivity contribution in [1.82, 2.24) is 10.3 Å². The van der Waals surface area contributed by atoms with Crippen LogP contribution >= 0.6 is 11.8 Å². The lowest BCUT2D eigenvalue weighted by atomic mass is 10.2. The Morgan fingerprint density at radius 2 is 2.18 bits per heavy atom. The van der Waals surface area contributed by atoms with Gasteiger partial charge in [0.2, 0.25) is 0 Å². The predicted molar refractivity (Wildman–Crippen MR) is 80.3 cm³/mol.